The summed E-state index contributed by atoms with van der Waals surface area (Å²) < 4.78 is 0. The molecule has 0 aromatic heterocycles. The van der Waals surface area contributed by atoms with Crippen LogP contribution < -0.4 is 21.3 Å². The van der Waals surface area contributed by atoms with Crippen LogP contribution in [0.4, 0.5) is 11.4 Å². The van der Waals surface area contributed by atoms with E-state index in [4.69, 9.17) is 0 Å². The lowest BCUT2D eigenvalue weighted by molar-refractivity contribution is -0.136. The highest BCUT2D eigenvalue weighted by atomic mass is 16.2. The van der Waals surface area contributed by atoms with Gasteiger partial charge in [0.15, 0.2) is 0 Å². The van der Waals surface area contributed by atoms with Crippen molar-refractivity contribution in [3.63, 3.8) is 0 Å². The average molecular weight is 505 g/mol. The van der Waals surface area contributed by atoms with Crippen molar-refractivity contribution >= 4 is 35.0 Å². The third kappa shape index (κ3) is 8.17. The molecule has 0 saturated heterocycles. The number of nitrogens with one attached hydrogen (secondary N) is 4. The second-order valence-corrected chi connectivity index (χ2v) is 10.1. The van der Waals surface area contributed by atoms with Crippen LogP contribution in [0, 0.1) is 0 Å². The molecule has 2 aromatic rings. The van der Waals surface area contributed by atoms with E-state index in [9.17, 15) is 19.2 Å². The van der Waals surface area contributed by atoms with Gasteiger partial charge in [-0.25, -0.2) is 0 Å². The van der Waals surface area contributed by atoms with E-state index in [1.165, 1.54) is 12.8 Å². The van der Waals surface area contributed by atoms with Crippen molar-refractivity contribution in [2.24, 2.45) is 0 Å². The lowest BCUT2D eigenvalue weighted by Crippen LogP contribution is -2.42. The largest absolute Gasteiger partial charge is 0.345 e. The molecule has 0 aliphatic heterocycles. The second kappa shape index (κ2) is 13.0. The van der Waals surface area contributed by atoms with Crippen LogP contribution in [0.15, 0.2) is 48.5 Å². The maximum absolute atomic E-state index is 12.2. The van der Waals surface area contributed by atoms with Crippen molar-refractivity contribution in [2.75, 3.05) is 10.6 Å². The molecule has 4 N–H and O–H groups in total. The number of carbonyl (C=O) groups excluding carboxylic acids is 4. The summed E-state index contributed by atoms with van der Waals surface area (Å²) in [4.78, 5) is 48.8. The van der Waals surface area contributed by atoms with Gasteiger partial charge in [-0.1, -0.05) is 62.8 Å². The Balaban J connectivity index is 1.22. The van der Waals surface area contributed by atoms with Crippen LogP contribution in [-0.4, -0.2) is 35.7 Å². The fraction of sp³-hybridized carbons (Fsp3) is 0.448. The van der Waals surface area contributed by atoms with Crippen LogP contribution >= 0.6 is 0 Å². The number of rotatable bonds is 6. The Labute approximate surface area is 218 Å². The smallest absolute Gasteiger partial charge is 0.313 e. The van der Waals surface area contributed by atoms with Gasteiger partial charge < -0.3 is 21.3 Å². The molecule has 2 aromatic carbocycles. The quantitative estimate of drug-likeness (QED) is 0.444. The van der Waals surface area contributed by atoms with Crippen LogP contribution in [0.5, 0.6) is 0 Å². The first-order valence-electron chi connectivity index (χ1n) is 13.4. The number of anilines is 2. The predicted molar refractivity (Wildman–Crippen MR) is 143 cm³/mol. The minimum Gasteiger partial charge on any atom is -0.345 e. The molecule has 0 atom stereocenters. The van der Waals surface area contributed by atoms with E-state index in [1.54, 1.807) is 24.3 Å². The summed E-state index contributed by atoms with van der Waals surface area (Å²) >= 11 is 0. The van der Waals surface area contributed by atoms with Gasteiger partial charge in [0.25, 0.3) is 0 Å². The normalized spacial score (nSPS) is 16.4. The Kier molecular flexibility index (Phi) is 9.29. The lowest BCUT2D eigenvalue weighted by atomic mass is 9.95. The molecule has 0 radical (unpaired) electrons. The highest BCUT2D eigenvalue weighted by Crippen LogP contribution is 2.19. The van der Waals surface area contributed by atoms with E-state index in [0.29, 0.717) is 17.8 Å². The monoisotopic (exact) mass is 504 g/mol. The van der Waals surface area contributed by atoms with Crippen LogP contribution in [0.25, 0.3) is 0 Å². The summed E-state index contributed by atoms with van der Waals surface area (Å²) in [5.74, 6) is -2.48. The topological polar surface area (TPSA) is 116 Å². The maximum Gasteiger partial charge on any atom is 0.313 e. The van der Waals surface area contributed by atoms with Gasteiger partial charge >= 0.3 is 23.6 Å². The molecule has 2 aliphatic rings. The van der Waals surface area contributed by atoms with Crippen LogP contribution in [0.3, 0.4) is 0 Å². The van der Waals surface area contributed by atoms with Gasteiger partial charge in [0, 0.05) is 23.5 Å². The van der Waals surface area contributed by atoms with E-state index < -0.39 is 23.6 Å². The first-order valence-corrected chi connectivity index (χ1v) is 13.4. The van der Waals surface area contributed by atoms with Crippen molar-refractivity contribution in [3.8, 4) is 0 Å². The predicted octanol–water partition coefficient (Wildman–Crippen LogP) is 4.05. The molecule has 0 heterocycles. The van der Waals surface area contributed by atoms with Crippen LogP contribution in [-0.2, 0) is 25.6 Å². The maximum atomic E-state index is 12.2. The van der Waals surface area contributed by atoms with Crippen molar-refractivity contribution in [1.29, 1.82) is 0 Å². The van der Waals surface area contributed by atoms with E-state index in [1.807, 2.05) is 24.3 Å². The fourth-order valence-electron chi connectivity index (χ4n) is 5.02. The van der Waals surface area contributed by atoms with Crippen LogP contribution in [0.1, 0.15) is 75.3 Å². The van der Waals surface area contributed by atoms with E-state index in [2.05, 4.69) is 21.3 Å². The minimum absolute atomic E-state index is 0.0905. The van der Waals surface area contributed by atoms with Crippen molar-refractivity contribution in [2.45, 2.75) is 82.7 Å². The standard InChI is InChI=1S/C29H36N4O4/c34-26(30-22-7-3-1-4-8-22)28(36)32-24-15-11-20(12-16-24)19-21-13-17-25(18-14-21)33-29(37)27(35)31-23-9-5-2-6-10-23/h11-18,22-23H,1-10,19H2,(H,30,34)(H,31,35)(H,32,36)(H,33,37). The van der Waals surface area contributed by atoms with Gasteiger partial charge in [-0.3, -0.25) is 19.2 Å². The molecule has 4 rings (SSSR count). The number of amides is 4. The van der Waals surface area contributed by atoms with E-state index in [-0.39, 0.29) is 12.1 Å². The average Bonchev–Trinajstić information content (AvgIpc) is 2.92. The highest BCUT2D eigenvalue weighted by molar-refractivity contribution is 6.40. The van der Waals surface area contributed by atoms with Gasteiger partial charge in [0.05, 0.1) is 0 Å². The molecular weight excluding hydrogens is 468 g/mol. The molecule has 2 fully saturated rings. The van der Waals surface area contributed by atoms with Gasteiger partial charge in [-0.15, -0.1) is 0 Å². The summed E-state index contributed by atoms with van der Waals surface area (Å²) in [6, 6.07) is 14.9. The number of benzene rings is 2. The summed E-state index contributed by atoms with van der Waals surface area (Å²) in [7, 11) is 0. The first-order chi connectivity index (χ1) is 18.0. The Morgan fingerprint density at radius 2 is 0.865 bits per heavy atom. The van der Waals surface area contributed by atoms with Crippen molar-refractivity contribution in [1.82, 2.24) is 10.6 Å². The first kappa shape index (κ1) is 26.4. The van der Waals surface area contributed by atoms with E-state index in [0.717, 1.165) is 62.5 Å². The van der Waals surface area contributed by atoms with Gasteiger partial charge in [0.2, 0.25) is 0 Å². The molecule has 196 valence electrons. The Bertz CT molecular complexity index is 998. The molecule has 8 heteroatoms. The summed E-state index contributed by atoms with van der Waals surface area (Å²) in [5.41, 5.74) is 3.20. The molecule has 4 amide bonds. The molecule has 37 heavy (non-hydrogen) atoms. The van der Waals surface area contributed by atoms with Crippen molar-refractivity contribution < 1.29 is 19.2 Å². The summed E-state index contributed by atoms with van der Waals surface area (Å²) in [5, 5.41) is 11.0. The second-order valence-electron chi connectivity index (χ2n) is 10.1. The number of hydrogen-bond acceptors (Lipinski definition) is 4. The minimum atomic E-state index is -0.650. The molecule has 8 nitrogen and oxygen atoms in total. The molecule has 2 saturated carbocycles. The Morgan fingerprint density at radius 1 is 0.514 bits per heavy atom. The van der Waals surface area contributed by atoms with Crippen molar-refractivity contribution in [3.05, 3.63) is 59.7 Å². The molecular formula is C29H36N4O4. The summed E-state index contributed by atoms with van der Waals surface area (Å²) in [6.45, 7) is 0. The zero-order valence-electron chi connectivity index (χ0n) is 21.2. The molecule has 2 aliphatic carbocycles. The van der Waals surface area contributed by atoms with Crippen LogP contribution in [0.2, 0.25) is 0 Å². The molecule has 0 spiro atoms. The summed E-state index contributed by atoms with van der Waals surface area (Å²) in [6.07, 6.45) is 11.1. The molecule has 0 bridgehead atoms. The zero-order chi connectivity index (χ0) is 26.0. The van der Waals surface area contributed by atoms with Gasteiger partial charge in [-0.05, 0) is 67.5 Å². The third-order valence-corrected chi connectivity index (χ3v) is 7.13. The molecule has 0 unspecified atom stereocenters. The van der Waals surface area contributed by atoms with Gasteiger partial charge in [-0.2, -0.15) is 0 Å². The SMILES string of the molecule is O=C(Nc1ccc(Cc2ccc(NC(=O)C(=O)NC3CCCCC3)cc2)cc1)C(=O)NC1CCCCC1. The zero-order valence-corrected chi connectivity index (χ0v) is 21.2. The van der Waals surface area contributed by atoms with E-state index >= 15 is 0 Å². The number of carbonyl (C=O) groups is 4. The lowest BCUT2D eigenvalue weighted by Gasteiger charge is -2.22. The Morgan fingerprint density at radius 3 is 1.22 bits per heavy atom. The third-order valence-electron chi connectivity index (χ3n) is 7.13. The number of hydrogen-bond donors (Lipinski definition) is 4. The van der Waals surface area contributed by atoms with Gasteiger partial charge in [0.1, 0.15) is 0 Å². The Hall–Kier alpha value is -3.68. The highest BCUT2D eigenvalue weighted by Gasteiger charge is 2.21. The fourth-order valence-corrected chi connectivity index (χ4v) is 5.02.